The summed E-state index contributed by atoms with van der Waals surface area (Å²) in [5.41, 5.74) is 1.74. The van der Waals surface area contributed by atoms with E-state index in [0.29, 0.717) is 26.3 Å². The van der Waals surface area contributed by atoms with Gasteiger partial charge in [0.05, 0.1) is 21.2 Å². The maximum atomic E-state index is 13.2. The van der Waals surface area contributed by atoms with Crippen LogP contribution in [0.4, 0.5) is 15.8 Å². The van der Waals surface area contributed by atoms with E-state index in [1.165, 1.54) is 41.3 Å². The van der Waals surface area contributed by atoms with Gasteiger partial charge in [-0.3, -0.25) is 19.8 Å². The van der Waals surface area contributed by atoms with Gasteiger partial charge in [0.15, 0.2) is 4.32 Å². The summed E-state index contributed by atoms with van der Waals surface area (Å²) in [4.78, 5) is 25.2. The second-order valence-electron chi connectivity index (χ2n) is 6.07. The van der Waals surface area contributed by atoms with E-state index in [-0.39, 0.29) is 11.6 Å². The first-order valence-electron chi connectivity index (χ1n) is 8.40. The molecule has 29 heavy (non-hydrogen) atoms. The number of nitro benzene ring substituents is 1. The lowest BCUT2D eigenvalue weighted by atomic mass is 10.2. The number of anilines is 1. The zero-order valence-corrected chi connectivity index (χ0v) is 16.3. The molecule has 6 nitrogen and oxygen atoms in total. The van der Waals surface area contributed by atoms with Crippen LogP contribution < -0.4 is 4.90 Å². The van der Waals surface area contributed by atoms with Crippen molar-refractivity contribution in [1.29, 1.82) is 0 Å². The molecule has 1 aromatic heterocycles. The van der Waals surface area contributed by atoms with Crippen LogP contribution in [0, 0.1) is 15.9 Å². The molecule has 3 aromatic rings. The quantitative estimate of drug-likeness (QED) is 0.257. The SMILES string of the molecule is O=C1/C(=C/c2cccn2-c2cccc([N+](=O)[O-])c2)SC(=S)N1c1ccc(F)cc1. The van der Waals surface area contributed by atoms with Crippen molar-refractivity contribution >= 4 is 51.7 Å². The molecule has 0 saturated carbocycles. The van der Waals surface area contributed by atoms with E-state index >= 15 is 0 Å². The van der Waals surface area contributed by atoms with Crippen LogP contribution in [0.3, 0.4) is 0 Å². The van der Waals surface area contributed by atoms with Gasteiger partial charge in [-0.25, -0.2) is 4.39 Å². The lowest BCUT2D eigenvalue weighted by Crippen LogP contribution is -2.27. The minimum atomic E-state index is -0.458. The highest BCUT2D eigenvalue weighted by Crippen LogP contribution is 2.36. The Bertz CT molecular complexity index is 1170. The second kappa shape index (κ2) is 7.61. The molecule has 0 unspecified atom stereocenters. The monoisotopic (exact) mass is 425 g/mol. The predicted molar refractivity (Wildman–Crippen MR) is 114 cm³/mol. The number of thiocarbonyl (C=S) groups is 1. The third-order valence-electron chi connectivity index (χ3n) is 4.26. The minimum absolute atomic E-state index is 0.0233. The standard InChI is InChI=1S/C20H12FN3O3S2/c21-13-6-8-14(9-7-13)23-19(25)18(29-20(23)28)12-16-5-2-10-22(16)15-3-1-4-17(11-15)24(26)27/h1-12H/b18-12-. The van der Waals surface area contributed by atoms with Crippen molar-refractivity contribution in [1.82, 2.24) is 4.57 Å². The number of hydrogen-bond donors (Lipinski definition) is 0. The molecule has 0 bridgehead atoms. The third kappa shape index (κ3) is 3.69. The lowest BCUT2D eigenvalue weighted by molar-refractivity contribution is -0.384. The first kappa shape index (κ1) is 19.0. The fraction of sp³-hybridized carbons (Fsp3) is 0. The van der Waals surface area contributed by atoms with Crippen molar-refractivity contribution in [3.05, 3.63) is 93.4 Å². The number of non-ortho nitro benzene ring substituents is 1. The normalized spacial score (nSPS) is 15.3. The minimum Gasteiger partial charge on any atom is -0.317 e. The van der Waals surface area contributed by atoms with Crippen LogP contribution in [0.25, 0.3) is 11.8 Å². The van der Waals surface area contributed by atoms with Crippen molar-refractivity contribution < 1.29 is 14.1 Å². The fourth-order valence-corrected chi connectivity index (χ4v) is 4.20. The first-order valence-corrected chi connectivity index (χ1v) is 9.62. The molecule has 2 aromatic carbocycles. The number of benzene rings is 2. The zero-order chi connectivity index (χ0) is 20.5. The number of aromatic nitrogens is 1. The summed E-state index contributed by atoms with van der Waals surface area (Å²) >= 11 is 6.47. The van der Waals surface area contributed by atoms with Crippen molar-refractivity contribution in [2.45, 2.75) is 0 Å². The van der Waals surface area contributed by atoms with Gasteiger partial charge in [0, 0.05) is 24.0 Å². The molecule has 0 N–H and O–H groups in total. The fourth-order valence-electron chi connectivity index (χ4n) is 2.92. The van der Waals surface area contributed by atoms with Gasteiger partial charge in [-0.15, -0.1) is 0 Å². The van der Waals surface area contributed by atoms with Crippen LogP contribution in [-0.4, -0.2) is 19.7 Å². The summed E-state index contributed by atoms with van der Waals surface area (Å²) in [7, 11) is 0. The summed E-state index contributed by atoms with van der Waals surface area (Å²) in [6.07, 6.45) is 3.44. The van der Waals surface area contributed by atoms with Crippen LogP contribution in [0.1, 0.15) is 5.69 Å². The number of thioether (sulfide) groups is 1. The molecule has 1 aliphatic heterocycles. The van der Waals surface area contributed by atoms with Crippen molar-refractivity contribution in [2.75, 3.05) is 4.90 Å². The molecule has 0 aliphatic carbocycles. The van der Waals surface area contributed by atoms with Crippen LogP contribution in [0.5, 0.6) is 0 Å². The van der Waals surface area contributed by atoms with E-state index in [1.54, 1.807) is 41.1 Å². The highest BCUT2D eigenvalue weighted by atomic mass is 32.2. The van der Waals surface area contributed by atoms with Gasteiger partial charge in [-0.2, -0.15) is 0 Å². The highest BCUT2D eigenvalue weighted by molar-refractivity contribution is 8.27. The Morgan fingerprint density at radius 2 is 1.83 bits per heavy atom. The van der Waals surface area contributed by atoms with Crippen LogP contribution in [0.2, 0.25) is 0 Å². The highest BCUT2D eigenvalue weighted by Gasteiger charge is 2.33. The number of carbonyl (C=O) groups excluding carboxylic acids is 1. The molecule has 1 fully saturated rings. The van der Waals surface area contributed by atoms with Crippen LogP contribution >= 0.6 is 24.0 Å². The topological polar surface area (TPSA) is 68.4 Å². The van der Waals surface area contributed by atoms with Crippen molar-refractivity contribution in [2.24, 2.45) is 0 Å². The van der Waals surface area contributed by atoms with Crippen molar-refractivity contribution in [3.8, 4) is 5.69 Å². The molecule has 0 radical (unpaired) electrons. The number of amides is 1. The van der Waals surface area contributed by atoms with Gasteiger partial charge in [0.2, 0.25) is 0 Å². The largest absolute Gasteiger partial charge is 0.317 e. The Hall–Kier alpha value is -3.30. The first-order chi connectivity index (χ1) is 13.9. The van der Waals surface area contributed by atoms with E-state index in [1.807, 2.05) is 0 Å². The van der Waals surface area contributed by atoms with Crippen molar-refractivity contribution in [3.63, 3.8) is 0 Å². The Kier molecular flexibility index (Phi) is 4.99. The molecule has 144 valence electrons. The molecular formula is C20H12FN3O3S2. The predicted octanol–water partition coefficient (Wildman–Crippen LogP) is 4.93. The Balaban J connectivity index is 1.68. The molecule has 2 heterocycles. The summed E-state index contributed by atoms with van der Waals surface area (Å²) in [6.45, 7) is 0. The van der Waals surface area contributed by atoms with Gasteiger partial charge in [0.1, 0.15) is 5.82 Å². The van der Waals surface area contributed by atoms with Gasteiger partial charge >= 0.3 is 0 Å². The number of rotatable bonds is 4. The Morgan fingerprint density at radius 1 is 1.07 bits per heavy atom. The van der Waals surface area contributed by atoms with Gasteiger partial charge < -0.3 is 4.57 Å². The average Bonchev–Trinajstić information content (AvgIpc) is 3.27. The number of hydrogen-bond acceptors (Lipinski definition) is 5. The summed E-state index contributed by atoms with van der Waals surface area (Å²) < 4.78 is 15.3. The summed E-state index contributed by atoms with van der Waals surface area (Å²) in [5.74, 6) is -0.706. The van der Waals surface area contributed by atoms with E-state index in [0.717, 1.165) is 11.8 Å². The second-order valence-corrected chi connectivity index (χ2v) is 7.75. The van der Waals surface area contributed by atoms with Crippen LogP contribution in [0.15, 0.2) is 71.8 Å². The molecule has 1 amide bonds. The van der Waals surface area contributed by atoms with E-state index in [2.05, 4.69) is 0 Å². The van der Waals surface area contributed by atoms with Gasteiger partial charge in [-0.1, -0.05) is 30.0 Å². The number of halogens is 1. The zero-order valence-electron chi connectivity index (χ0n) is 14.7. The maximum absolute atomic E-state index is 13.2. The summed E-state index contributed by atoms with van der Waals surface area (Å²) in [6, 6.07) is 15.3. The van der Waals surface area contributed by atoms with Crippen LogP contribution in [-0.2, 0) is 4.79 Å². The van der Waals surface area contributed by atoms with E-state index in [9.17, 15) is 19.3 Å². The Labute approximate surface area is 174 Å². The molecule has 9 heteroatoms. The Morgan fingerprint density at radius 3 is 2.55 bits per heavy atom. The number of carbonyl (C=O) groups is 1. The number of nitro groups is 1. The third-order valence-corrected chi connectivity index (χ3v) is 5.56. The van der Waals surface area contributed by atoms with Gasteiger partial charge in [0.25, 0.3) is 11.6 Å². The molecule has 0 spiro atoms. The molecule has 0 atom stereocenters. The van der Waals surface area contributed by atoms with Gasteiger partial charge in [-0.05, 0) is 48.5 Å². The molecule has 4 rings (SSSR count). The molecule has 1 aliphatic rings. The summed E-state index contributed by atoms with van der Waals surface area (Å²) in [5, 5.41) is 11.1. The molecule has 1 saturated heterocycles. The maximum Gasteiger partial charge on any atom is 0.271 e. The number of nitrogens with zero attached hydrogens (tertiary/aromatic N) is 3. The molecular weight excluding hydrogens is 413 g/mol. The average molecular weight is 425 g/mol. The van der Waals surface area contributed by atoms with E-state index < -0.39 is 10.7 Å². The lowest BCUT2D eigenvalue weighted by Gasteiger charge is -2.14. The smallest absolute Gasteiger partial charge is 0.271 e. The van der Waals surface area contributed by atoms with E-state index in [4.69, 9.17) is 12.2 Å².